The highest BCUT2D eigenvalue weighted by Crippen LogP contribution is 2.25. The number of nitrogens with one attached hydrogen (secondary N) is 2. The summed E-state index contributed by atoms with van der Waals surface area (Å²) in [7, 11) is 0. The standard InChI is InChI=1S/C23H26N6O2S/c30-22(24-14-17-6-2-1-3-7-17)15-32-21-9-5-4-8-20(21)23(31)26-18-10-12-19(13-11-18)29-16-25-27-28-29/h4-5,8-13,16-17H,1-3,6-7,14-15H2,(H,24,30)(H,26,31). The number of tetrazole rings is 1. The predicted molar refractivity (Wildman–Crippen MR) is 124 cm³/mol. The van der Waals surface area contributed by atoms with Gasteiger partial charge in [0, 0.05) is 17.1 Å². The van der Waals surface area contributed by atoms with E-state index in [0.29, 0.717) is 17.2 Å². The van der Waals surface area contributed by atoms with Crippen LogP contribution in [-0.2, 0) is 4.79 Å². The van der Waals surface area contributed by atoms with Crippen molar-refractivity contribution in [2.24, 2.45) is 5.92 Å². The van der Waals surface area contributed by atoms with Crippen LogP contribution in [0.2, 0.25) is 0 Å². The molecule has 0 unspecified atom stereocenters. The molecule has 2 aromatic carbocycles. The summed E-state index contributed by atoms with van der Waals surface area (Å²) < 4.78 is 1.54. The monoisotopic (exact) mass is 450 g/mol. The number of hydrogen-bond acceptors (Lipinski definition) is 6. The van der Waals surface area contributed by atoms with Crippen LogP contribution in [0, 0.1) is 5.92 Å². The molecule has 0 saturated heterocycles. The van der Waals surface area contributed by atoms with Crippen molar-refractivity contribution in [3.63, 3.8) is 0 Å². The van der Waals surface area contributed by atoms with Crippen LogP contribution in [0.1, 0.15) is 42.5 Å². The van der Waals surface area contributed by atoms with Gasteiger partial charge >= 0.3 is 0 Å². The molecule has 2 N–H and O–H groups in total. The third kappa shape index (κ3) is 5.94. The Balaban J connectivity index is 1.32. The number of benzene rings is 2. The minimum absolute atomic E-state index is 0.00831. The molecule has 0 atom stereocenters. The third-order valence-corrected chi connectivity index (χ3v) is 6.62. The highest BCUT2D eigenvalue weighted by Gasteiger charge is 2.16. The van der Waals surface area contributed by atoms with Gasteiger partial charge in [-0.3, -0.25) is 9.59 Å². The fourth-order valence-electron chi connectivity index (χ4n) is 3.80. The van der Waals surface area contributed by atoms with Gasteiger partial charge in [-0.05, 0) is 65.6 Å². The van der Waals surface area contributed by atoms with Crippen molar-refractivity contribution in [2.75, 3.05) is 17.6 Å². The SMILES string of the molecule is O=C(CSc1ccccc1C(=O)Nc1ccc(-n2cnnn2)cc1)NCC1CCCCC1. The van der Waals surface area contributed by atoms with E-state index in [1.807, 2.05) is 30.3 Å². The topological polar surface area (TPSA) is 102 Å². The summed E-state index contributed by atoms with van der Waals surface area (Å²) in [6.45, 7) is 0.752. The molecule has 0 bridgehead atoms. The second-order valence-electron chi connectivity index (χ2n) is 7.85. The molecule has 0 spiro atoms. The Morgan fingerprint density at radius 2 is 1.81 bits per heavy atom. The first kappa shape index (κ1) is 22.0. The van der Waals surface area contributed by atoms with Gasteiger partial charge in [0.05, 0.1) is 17.0 Å². The number of thioether (sulfide) groups is 1. The minimum atomic E-state index is -0.217. The molecule has 0 radical (unpaired) electrons. The molecule has 1 saturated carbocycles. The van der Waals surface area contributed by atoms with Crippen molar-refractivity contribution < 1.29 is 9.59 Å². The number of hydrogen-bond donors (Lipinski definition) is 2. The molecule has 1 aromatic heterocycles. The molecule has 2 amide bonds. The van der Waals surface area contributed by atoms with E-state index >= 15 is 0 Å². The lowest BCUT2D eigenvalue weighted by atomic mass is 9.89. The van der Waals surface area contributed by atoms with Crippen molar-refractivity contribution in [1.29, 1.82) is 0 Å². The Bertz CT molecular complexity index is 1030. The third-order valence-electron chi connectivity index (χ3n) is 5.54. The fourth-order valence-corrected chi connectivity index (χ4v) is 4.68. The molecule has 3 aromatic rings. The van der Waals surface area contributed by atoms with Crippen LogP contribution in [0.3, 0.4) is 0 Å². The van der Waals surface area contributed by atoms with Gasteiger partial charge in [-0.25, -0.2) is 4.68 Å². The molecule has 1 fully saturated rings. The van der Waals surface area contributed by atoms with Gasteiger partial charge in [-0.2, -0.15) is 0 Å². The first-order valence-electron chi connectivity index (χ1n) is 10.8. The minimum Gasteiger partial charge on any atom is -0.355 e. The summed E-state index contributed by atoms with van der Waals surface area (Å²) in [6.07, 6.45) is 7.74. The lowest BCUT2D eigenvalue weighted by Gasteiger charge is -2.21. The van der Waals surface area contributed by atoms with E-state index in [2.05, 4.69) is 26.2 Å². The van der Waals surface area contributed by atoms with E-state index in [9.17, 15) is 9.59 Å². The first-order valence-corrected chi connectivity index (χ1v) is 11.8. The van der Waals surface area contributed by atoms with E-state index < -0.39 is 0 Å². The molecule has 0 aliphatic heterocycles. The van der Waals surface area contributed by atoms with E-state index in [1.165, 1.54) is 54.9 Å². The van der Waals surface area contributed by atoms with Crippen molar-refractivity contribution >= 4 is 29.3 Å². The fraction of sp³-hybridized carbons (Fsp3) is 0.348. The zero-order chi connectivity index (χ0) is 22.2. The number of rotatable bonds is 8. The Morgan fingerprint density at radius 1 is 1.03 bits per heavy atom. The lowest BCUT2D eigenvalue weighted by molar-refractivity contribution is -0.118. The number of aromatic nitrogens is 4. The largest absolute Gasteiger partial charge is 0.355 e. The van der Waals surface area contributed by atoms with Gasteiger partial charge in [0.2, 0.25) is 5.91 Å². The van der Waals surface area contributed by atoms with Gasteiger partial charge in [0.25, 0.3) is 5.91 Å². The second-order valence-corrected chi connectivity index (χ2v) is 8.87. The summed E-state index contributed by atoms with van der Waals surface area (Å²) in [5.74, 6) is 0.681. The van der Waals surface area contributed by atoms with Crippen molar-refractivity contribution in [3.8, 4) is 5.69 Å². The molecule has 32 heavy (non-hydrogen) atoms. The Morgan fingerprint density at radius 3 is 2.56 bits per heavy atom. The summed E-state index contributed by atoms with van der Waals surface area (Å²) in [6, 6.07) is 14.6. The zero-order valence-electron chi connectivity index (χ0n) is 17.7. The average molecular weight is 451 g/mol. The summed E-state index contributed by atoms with van der Waals surface area (Å²) in [5.41, 5.74) is 2.00. The van der Waals surface area contributed by atoms with Crippen LogP contribution in [-0.4, -0.2) is 44.3 Å². The van der Waals surface area contributed by atoms with Crippen LogP contribution >= 0.6 is 11.8 Å². The number of amides is 2. The second kappa shape index (κ2) is 10.9. The van der Waals surface area contributed by atoms with E-state index in [0.717, 1.165) is 17.1 Å². The summed E-state index contributed by atoms with van der Waals surface area (Å²) in [4.78, 5) is 26.0. The van der Waals surface area contributed by atoms with Crippen molar-refractivity contribution in [2.45, 2.75) is 37.0 Å². The van der Waals surface area contributed by atoms with Crippen LogP contribution in [0.15, 0.2) is 59.8 Å². The number of carbonyl (C=O) groups excluding carboxylic acids is 2. The highest BCUT2D eigenvalue weighted by atomic mass is 32.2. The van der Waals surface area contributed by atoms with Crippen LogP contribution in [0.4, 0.5) is 5.69 Å². The van der Waals surface area contributed by atoms with E-state index in [-0.39, 0.29) is 17.6 Å². The molecular formula is C23H26N6O2S. The van der Waals surface area contributed by atoms with Crippen LogP contribution < -0.4 is 10.6 Å². The number of anilines is 1. The van der Waals surface area contributed by atoms with E-state index in [4.69, 9.17) is 0 Å². The quantitative estimate of drug-likeness (QED) is 0.508. The average Bonchev–Trinajstić information content (AvgIpc) is 3.38. The normalized spacial score (nSPS) is 14.1. The molecule has 1 aliphatic rings. The molecule has 4 rings (SSSR count). The van der Waals surface area contributed by atoms with Gasteiger partial charge in [-0.1, -0.05) is 31.4 Å². The Kier molecular flexibility index (Phi) is 7.50. The van der Waals surface area contributed by atoms with Crippen LogP contribution in [0.5, 0.6) is 0 Å². The maximum Gasteiger partial charge on any atom is 0.256 e. The van der Waals surface area contributed by atoms with Gasteiger partial charge < -0.3 is 10.6 Å². The summed E-state index contributed by atoms with van der Waals surface area (Å²) in [5, 5.41) is 17.0. The number of carbonyl (C=O) groups is 2. The molecule has 1 aliphatic carbocycles. The highest BCUT2D eigenvalue weighted by molar-refractivity contribution is 8.00. The molecule has 166 valence electrons. The molecule has 8 nitrogen and oxygen atoms in total. The Labute approximate surface area is 191 Å². The molecule has 1 heterocycles. The van der Waals surface area contributed by atoms with Crippen molar-refractivity contribution in [3.05, 3.63) is 60.4 Å². The Hall–Kier alpha value is -3.20. The lowest BCUT2D eigenvalue weighted by Crippen LogP contribution is -2.31. The maximum atomic E-state index is 12.9. The smallest absolute Gasteiger partial charge is 0.256 e. The maximum absolute atomic E-state index is 12.9. The molecular weight excluding hydrogens is 424 g/mol. The first-order chi connectivity index (χ1) is 15.7. The zero-order valence-corrected chi connectivity index (χ0v) is 18.6. The van der Waals surface area contributed by atoms with Crippen LogP contribution in [0.25, 0.3) is 5.69 Å². The summed E-state index contributed by atoms with van der Waals surface area (Å²) >= 11 is 1.38. The van der Waals surface area contributed by atoms with Gasteiger partial charge in [0.1, 0.15) is 6.33 Å². The van der Waals surface area contributed by atoms with Gasteiger partial charge in [0.15, 0.2) is 0 Å². The molecule has 9 heteroatoms. The van der Waals surface area contributed by atoms with Crippen molar-refractivity contribution in [1.82, 2.24) is 25.5 Å². The predicted octanol–water partition coefficient (Wildman–Crippen LogP) is 3.70. The van der Waals surface area contributed by atoms with Gasteiger partial charge in [-0.15, -0.1) is 16.9 Å². The van der Waals surface area contributed by atoms with E-state index in [1.54, 1.807) is 18.2 Å². The number of nitrogens with zero attached hydrogens (tertiary/aromatic N) is 4.